The van der Waals surface area contributed by atoms with E-state index in [1.165, 1.54) is 27.8 Å². The summed E-state index contributed by atoms with van der Waals surface area (Å²) in [5.41, 5.74) is 9.17. The second kappa shape index (κ2) is 8.16. The number of aryl methyl sites for hydroxylation is 1. The van der Waals surface area contributed by atoms with Crippen molar-refractivity contribution in [2.45, 2.75) is 19.4 Å². The molecule has 5 heteroatoms. The third kappa shape index (κ3) is 3.72. The zero-order valence-corrected chi connectivity index (χ0v) is 18.4. The molecule has 4 aromatic rings. The summed E-state index contributed by atoms with van der Waals surface area (Å²) in [4.78, 5) is 7.12. The molecule has 0 bridgehead atoms. The van der Waals surface area contributed by atoms with Crippen molar-refractivity contribution < 1.29 is 9.50 Å². The molecule has 2 aliphatic rings. The van der Waals surface area contributed by atoms with E-state index < -0.39 is 0 Å². The Bertz CT molecular complexity index is 1350. The number of nitrogens with zero attached hydrogens (tertiary/aromatic N) is 3. The number of rotatable bonds is 5. The van der Waals surface area contributed by atoms with Crippen molar-refractivity contribution in [2.24, 2.45) is 5.92 Å². The van der Waals surface area contributed by atoms with Gasteiger partial charge in [-0.15, -0.1) is 0 Å². The van der Waals surface area contributed by atoms with Crippen LogP contribution < -0.4 is 0 Å². The number of alkyl halides is 1. The van der Waals surface area contributed by atoms with Crippen molar-refractivity contribution in [1.82, 2.24) is 14.3 Å². The highest BCUT2D eigenvalue weighted by molar-refractivity contribution is 6.01. The molecule has 0 saturated carbocycles. The summed E-state index contributed by atoms with van der Waals surface area (Å²) in [6.07, 6.45) is 5.97. The van der Waals surface area contributed by atoms with Crippen LogP contribution in [0.15, 0.2) is 73.1 Å². The highest BCUT2D eigenvalue weighted by atomic mass is 19.1. The van der Waals surface area contributed by atoms with Crippen LogP contribution in [-0.4, -0.2) is 39.2 Å². The van der Waals surface area contributed by atoms with Crippen molar-refractivity contribution in [1.29, 1.82) is 0 Å². The maximum atomic E-state index is 12.8. The van der Waals surface area contributed by atoms with E-state index in [0.29, 0.717) is 5.75 Å². The van der Waals surface area contributed by atoms with E-state index >= 15 is 0 Å². The van der Waals surface area contributed by atoms with Gasteiger partial charge in [-0.25, -0.2) is 4.98 Å². The number of pyridine rings is 1. The molecule has 3 heterocycles. The molecule has 1 N–H and O–H groups in total. The molecular weight excluding hydrogens is 413 g/mol. The molecule has 1 saturated heterocycles. The van der Waals surface area contributed by atoms with Gasteiger partial charge in [-0.1, -0.05) is 36.4 Å². The standard InChI is InChI=1S/C28H26FN3O/c29-14-19-15-31(16-19)17-23-18-32-11-10-22(13-27(32)30-23)28-25(20-4-2-1-3-5-20)8-6-21-12-24(33)7-9-26(21)28/h1-5,7,9-13,18-19,33H,6,8,14-17H2. The Morgan fingerprint density at radius 1 is 0.970 bits per heavy atom. The number of phenols is 1. The maximum absolute atomic E-state index is 12.8. The lowest BCUT2D eigenvalue weighted by Crippen LogP contribution is -2.46. The summed E-state index contributed by atoms with van der Waals surface area (Å²) < 4.78 is 14.8. The smallest absolute Gasteiger partial charge is 0.137 e. The summed E-state index contributed by atoms with van der Waals surface area (Å²) in [5, 5.41) is 10.0. The average Bonchev–Trinajstić information content (AvgIpc) is 3.22. The van der Waals surface area contributed by atoms with Crippen molar-refractivity contribution in [3.8, 4) is 5.75 Å². The molecular formula is C28H26FN3O. The molecule has 0 radical (unpaired) electrons. The molecule has 2 aromatic heterocycles. The van der Waals surface area contributed by atoms with Gasteiger partial charge in [-0.3, -0.25) is 9.29 Å². The van der Waals surface area contributed by atoms with Crippen LogP contribution in [0.3, 0.4) is 0 Å². The lowest BCUT2D eigenvalue weighted by atomic mass is 9.80. The third-order valence-corrected chi connectivity index (χ3v) is 6.86. The monoisotopic (exact) mass is 439 g/mol. The normalized spacial score (nSPS) is 16.8. The first-order valence-corrected chi connectivity index (χ1v) is 11.5. The van der Waals surface area contributed by atoms with Gasteiger partial charge in [0.15, 0.2) is 0 Å². The quantitative estimate of drug-likeness (QED) is 0.456. The number of aromatic nitrogens is 2. The number of likely N-dealkylation sites (tertiary alicyclic amines) is 1. The molecule has 2 aromatic carbocycles. The van der Waals surface area contributed by atoms with Gasteiger partial charge in [-0.05, 0) is 70.5 Å². The van der Waals surface area contributed by atoms with E-state index in [1.807, 2.05) is 18.2 Å². The summed E-state index contributed by atoms with van der Waals surface area (Å²) in [6.45, 7) is 2.15. The molecule has 0 spiro atoms. The first-order chi connectivity index (χ1) is 16.2. The third-order valence-electron chi connectivity index (χ3n) is 6.86. The van der Waals surface area contributed by atoms with Crippen LogP contribution in [0.5, 0.6) is 5.75 Å². The molecule has 1 aliphatic carbocycles. The molecule has 4 nitrogen and oxygen atoms in total. The number of allylic oxidation sites excluding steroid dienone is 1. The molecule has 0 amide bonds. The van der Waals surface area contributed by atoms with Crippen molar-refractivity contribution in [2.75, 3.05) is 19.8 Å². The number of benzene rings is 2. The lowest BCUT2D eigenvalue weighted by Gasteiger charge is -2.37. The van der Waals surface area contributed by atoms with Gasteiger partial charge in [0.25, 0.3) is 0 Å². The molecule has 1 aliphatic heterocycles. The SMILES string of the molecule is Oc1ccc2c(c1)CCC(c1ccccc1)=C2c1ccn2cc(CN3CC(CF)C3)nc2c1. The van der Waals surface area contributed by atoms with Crippen molar-refractivity contribution in [3.63, 3.8) is 0 Å². The summed E-state index contributed by atoms with van der Waals surface area (Å²) in [7, 11) is 0. The van der Waals surface area contributed by atoms with Gasteiger partial charge in [0.1, 0.15) is 11.4 Å². The number of imidazole rings is 1. The predicted molar refractivity (Wildman–Crippen MR) is 129 cm³/mol. The fourth-order valence-corrected chi connectivity index (χ4v) is 5.23. The van der Waals surface area contributed by atoms with Crippen LogP contribution in [0.1, 0.15) is 34.4 Å². The van der Waals surface area contributed by atoms with Gasteiger partial charge >= 0.3 is 0 Å². The minimum Gasteiger partial charge on any atom is -0.508 e. The van der Waals surface area contributed by atoms with Gasteiger partial charge in [0.05, 0.1) is 12.4 Å². The number of aromatic hydroxyl groups is 1. The van der Waals surface area contributed by atoms with E-state index in [0.717, 1.165) is 49.4 Å². The topological polar surface area (TPSA) is 40.8 Å². The molecule has 166 valence electrons. The van der Waals surface area contributed by atoms with Crippen LogP contribution in [0.25, 0.3) is 16.8 Å². The summed E-state index contributed by atoms with van der Waals surface area (Å²) in [5.74, 6) is 0.494. The maximum Gasteiger partial charge on any atom is 0.137 e. The fourth-order valence-electron chi connectivity index (χ4n) is 5.23. The van der Waals surface area contributed by atoms with Gasteiger partial charge in [0.2, 0.25) is 0 Å². The Morgan fingerprint density at radius 3 is 2.64 bits per heavy atom. The number of hydrogen-bond donors (Lipinski definition) is 1. The highest BCUT2D eigenvalue weighted by Gasteiger charge is 2.27. The van der Waals surface area contributed by atoms with E-state index in [9.17, 15) is 9.50 Å². The first kappa shape index (κ1) is 20.2. The Kier molecular flexibility index (Phi) is 4.99. The highest BCUT2D eigenvalue weighted by Crippen LogP contribution is 2.41. The van der Waals surface area contributed by atoms with Gasteiger partial charge < -0.3 is 9.51 Å². The fraction of sp³-hybridized carbons (Fsp3) is 0.250. The Hall–Kier alpha value is -3.44. The van der Waals surface area contributed by atoms with Crippen molar-refractivity contribution >= 4 is 16.8 Å². The lowest BCUT2D eigenvalue weighted by molar-refractivity contribution is 0.0727. The molecule has 1 fully saturated rings. The molecule has 33 heavy (non-hydrogen) atoms. The zero-order chi connectivity index (χ0) is 22.4. The summed E-state index contributed by atoms with van der Waals surface area (Å²) in [6, 6.07) is 20.6. The largest absolute Gasteiger partial charge is 0.508 e. The number of phenolic OH excluding ortho intramolecular Hbond substituents is 1. The second-order valence-electron chi connectivity index (χ2n) is 9.19. The van der Waals surface area contributed by atoms with Crippen LogP contribution in [0.4, 0.5) is 4.39 Å². The van der Waals surface area contributed by atoms with E-state index in [4.69, 9.17) is 4.98 Å². The Labute approximate surface area is 192 Å². The van der Waals surface area contributed by atoms with Crippen LogP contribution in [-0.2, 0) is 13.0 Å². The first-order valence-electron chi connectivity index (χ1n) is 11.5. The predicted octanol–water partition coefficient (Wildman–Crippen LogP) is 5.35. The van der Waals surface area contributed by atoms with Crippen molar-refractivity contribution in [3.05, 3.63) is 101 Å². The molecule has 0 atom stereocenters. The second-order valence-corrected chi connectivity index (χ2v) is 9.19. The minimum atomic E-state index is -0.233. The van der Waals surface area contributed by atoms with Crippen LogP contribution in [0, 0.1) is 5.92 Å². The summed E-state index contributed by atoms with van der Waals surface area (Å²) >= 11 is 0. The van der Waals surface area contributed by atoms with Crippen LogP contribution >= 0.6 is 0 Å². The molecule has 6 rings (SSSR count). The zero-order valence-electron chi connectivity index (χ0n) is 18.4. The van der Waals surface area contributed by atoms with E-state index in [1.54, 1.807) is 6.07 Å². The number of hydrogen-bond acceptors (Lipinski definition) is 3. The number of fused-ring (bicyclic) bond motifs is 2. The Balaban J connectivity index is 1.42. The van der Waals surface area contributed by atoms with E-state index in [-0.39, 0.29) is 12.6 Å². The molecule has 0 unspecified atom stereocenters. The van der Waals surface area contributed by atoms with Crippen LogP contribution in [0.2, 0.25) is 0 Å². The van der Waals surface area contributed by atoms with E-state index in [2.05, 4.69) is 58.1 Å². The minimum absolute atomic E-state index is 0.183. The van der Waals surface area contributed by atoms with Gasteiger partial charge in [0, 0.05) is 37.9 Å². The average molecular weight is 440 g/mol. The van der Waals surface area contributed by atoms with Gasteiger partial charge in [-0.2, -0.15) is 0 Å². The Morgan fingerprint density at radius 2 is 1.82 bits per heavy atom. The number of halogens is 1.